The van der Waals surface area contributed by atoms with Crippen LogP contribution in [0.3, 0.4) is 0 Å². The van der Waals surface area contributed by atoms with E-state index in [2.05, 4.69) is 24.8 Å². The van der Waals surface area contributed by atoms with Gasteiger partial charge in [0.15, 0.2) is 0 Å². The van der Waals surface area contributed by atoms with Crippen molar-refractivity contribution in [3.05, 3.63) is 17.9 Å². The molecule has 0 saturated heterocycles. The lowest BCUT2D eigenvalue weighted by molar-refractivity contribution is 0.765. The largest absolute Gasteiger partial charge is 0.129 e. The topological polar surface area (TPSA) is 0 Å². The molecule has 1 aliphatic carbocycles. The van der Waals surface area contributed by atoms with Crippen molar-refractivity contribution in [2.24, 2.45) is 5.92 Å². The minimum absolute atomic E-state index is 0.755. The van der Waals surface area contributed by atoms with E-state index in [1.54, 1.807) is 0 Å². The average Bonchev–Trinajstić information content (AvgIpc) is 1.86. The lowest BCUT2D eigenvalue weighted by atomic mass is 10.2. The summed E-state index contributed by atoms with van der Waals surface area (Å²) in [6.45, 7) is 2.19. The summed E-state index contributed by atoms with van der Waals surface area (Å²) in [4.78, 5) is 0. The Morgan fingerprint density at radius 2 is 2.67 bits per heavy atom. The Morgan fingerprint density at radius 1 is 1.83 bits per heavy atom. The van der Waals surface area contributed by atoms with E-state index < -0.39 is 0 Å². The molecule has 0 radical (unpaired) electrons. The maximum absolute atomic E-state index is 3.02. The molecule has 0 aromatic rings. The van der Waals surface area contributed by atoms with Crippen molar-refractivity contribution < 1.29 is 0 Å². The van der Waals surface area contributed by atoms with Gasteiger partial charge in [0.1, 0.15) is 0 Å². The van der Waals surface area contributed by atoms with Crippen LogP contribution in [0.2, 0.25) is 0 Å². The smallest absolute Gasteiger partial charge is 0.0145 e. The van der Waals surface area contributed by atoms with Crippen LogP contribution in [-0.2, 0) is 0 Å². The highest BCUT2D eigenvalue weighted by Gasteiger charge is 1.94. The molecule has 0 saturated carbocycles. The molecule has 0 spiro atoms. The quantitative estimate of drug-likeness (QED) is 0.389. The summed E-state index contributed by atoms with van der Waals surface area (Å²) in [6, 6.07) is 0. The molecule has 0 heterocycles. The molecule has 0 bridgehead atoms. The highest BCUT2D eigenvalue weighted by Crippen LogP contribution is 2.07. The van der Waals surface area contributed by atoms with E-state index in [1.165, 1.54) is 6.42 Å². The number of rotatable bonds is 0. The van der Waals surface area contributed by atoms with E-state index in [9.17, 15) is 0 Å². The van der Waals surface area contributed by atoms with E-state index in [4.69, 9.17) is 0 Å². The molecule has 0 amide bonds. The van der Waals surface area contributed by atoms with Gasteiger partial charge in [-0.25, -0.2) is 0 Å². The minimum Gasteiger partial charge on any atom is -0.129 e. The van der Waals surface area contributed by atoms with Crippen molar-refractivity contribution in [1.29, 1.82) is 0 Å². The molecule has 0 aromatic heterocycles. The predicted molar refractivity (Wildman–Crippen MR) is 26.4 cm³/mol. The second kappa shape index (κ2) is 1.32. The van der Waals surface area contributed by atoms with Gasteiger partial charge in [-0.3, -0.25) is 0 Å². The zero-order valence-electron chi connectivity index (χ0n) is 3.94. The van der Waals surface area contributed by atoms with Crippen LogP contribution in [0.5, 0.6) is 0 Å². The molecule has 32 valence electrons. The van der Waals surface area contributed by atoms with Crippen molar-refractivity contribution in [2.45, 2.75) is 13.3 Å². The fourth-order valence-corrected chi connectivity index (χ4v) is 0.554. The highest BCUT2D eigenvalue weighted by molar-refractivity contribution is 4.98. The van der Waals surface area contributed by atoms with E-state index in [-0.39, 0.29) is 0 Å². The fraction of sp³-hybridized carbons (Fsp3) is 0.500. The Hall–Kier alpha value is -0.480. The van der Waals surface area contributed by atoms with E-state index in [0.29, 0.717) is 0 Å². The number of allylic oxidation sites excluding steroid dienone is 1. The van der Waals surface area contributed by atoms with Gasteiger partial charge in [0.2, 0.25) is 0 Å². The SMILES string of the molecule is CC1C=C=CC1. The Bertz CT molecular complexity index is 94.6. The summed E-state index contributed by atoms with van der Waals surface area (Å²) in [5.41, 5.74) is 3.02. The molecule has 0 heteroatoms. The first-order chi connectivity index (χ1) is 2.89. The van der Waals surface area contributed by atoms with Crippen LogP contribution in [-0.4, -0.2) is 0 Å². The van der Waals surface area contributed by atoms with Crippen LogP contribution in [0.1, 0.15) is 13.3 Å². The van der Waals surface area contributed by atoms with Gasteiger partial charge in [-0.15, -0.1) is 5.73 Å². The normalized spacial score (nSPS) is 29.2. The molecule has 0 nitrogen and oxygen atoms in total. The van der Waals surface area contributed by atoms with Crippen LogP contribution in [0.4, 0.5) is 0 Å². The lowest BCUT2D eigenvalue weighted by Gasteiger charge is -1.88. The van der Waals surface area contributed by atoms with E-state index in [1.807, 2.05) is 0 Å². The van der Waals surface area contributed by atoms with Crippen LogP contribution < -0.4 is 0 Å². The van der Waals surface area contributed by atoms with Crippen molar-refractivity contribution in [2.75, 3.05) is 0 Å². The standard InChI is InChI=1S/C6H8/c1-6-4-2-3-5-6/h2,5-6H,4H2,1H3. The van der Waals surface area contributed by atoms with E-state index in [0.717, 1.165) is 5.92 Å². The predicted octanol–water partition coefficient (Wildman–Crippen LogP) is 1.74. The zero-order valence-corrected chi connectivity index (χ0v) is 3.94. The molecule has 1 rings (SSSR count). The second-order valence-corrected chi connectivity index (χ2v) is 1.75. The van der Waals surface area contributed by atoms with Gasteiger partial charge >= 0.3 is 0 Å². The Balaban J connectivity index is 2.55. The van der Waals surface area contributed by atoms with Crippen molar-refractivity contribution in [3.63, 3.8) is 0 Å². The van der Waals surface area contributed by atoms with Crippen molar-refractivity contribution >= 4 is 0 Å². The molecule has 1 unspecified atom stereocenters. The van der Waals surface area contributed by atoms with Gasteiger partial charge in [-0.05, 0) is 24.5 Å². The van der Waals surface area contributed by atoms with Gasteiger partial charge in [-0.1, -0.05) is 6.92 Å². The van der Waals surface area contributed by atoms with E-state index >= 15 is 0 Å². The maximum Gasteiger partial charge on any atom is -0.0145 e. The monoisotopic (exact) mass is 80.1 g/mol. The van der Waals surface area contributed by atoms with Crippen LogP contribution in [0, 0.1) is 5.92 Å². The number of hydrogen-bond acceptors (Lipinski definition) is 0. The molecule has 0 fully saturated rings. The summed E-state index contributed by atoms with van der Waals surface area (Å²) in [7, 11) is 0. The van der Waals surface area contributed by atoms with Crippen LogP contribution >= 0.6 is 0 Å². The zero-order chi connectivity index (χ0) is 4.41. The molecule has 0 aliphatic heterocycles. The molecule has 1 atom stereocenters. The second-order valence-electron chi connectivity index (χ2n) is 1.75. The summed E-state index contributed by atoms with van der Waals surface area (Å²) in [6.07, 6.45) is 5.37. The van der Waals surface area contributed by atoms with Gasteiger partial charge in [0.05, 0.1) is 0 Å². The molecule has 6 heavy (non-hydrogen) atoms. The average molecular weight is 80.1 g/mol. The Labute approximate surface area is 38.2 Å². The highest BCUT2D eigenvalue weighted by atomic mass is 14.0. The first-order valence-electron chi connectivity index (χ1n) is 2.30. The maximum atomic E-state index is 3.02. The molecular formula is C6H8. The molecule has 0 N–H and O–H groups in total. The molecule has 0 aromatic carbocycles. The summed E-state index contributed by atoms with van der Waals surface area (Å²) < 4.78 is 0. The summed E-state index contributed by atoms with van der Waals surface area (Å²) in [5, 5.41) is 0. The molecule has 1 aliphatic rings. The van der Waals surface area contributed by atoms with Gasteiger partial charge in [0, 0.05) is 0 Å². The first-order valence-corrected chi connectivity index (χ1v) is 2.30. The third-order valence-corrected chi connectivity index (χ3v) is 0.988. The Kier molecular flexibility index (Phi) is 0.813. The van der Waals surface area contributed by atoms with Gasteiger partial charge in [0.25, 0.3) is 0 Å². The fourth-order valence-electron chi connectivity index (χ4n) is 0.554. The third-order valence-electron chi connectivity index (χ3n) is 0.988. The Morgan fingerprint density at radius 3 is 2.83 bits per heavy atom. The molecular weight excluding hydrogens is 72.1 g/mol. The summed E-state index contributed by atoms with van der Waals surface area (Å²) in [5.74, 6) is 0.755. The van der Waals surface area contributed by atoms with Gasteiger partial charge in [-0.2, -0.15) is 0 Å². The van der Waals surface area contributed by atoms with Crippen molar-refractivity contribution in [1.82, 2.24) is 0 Å². The van der Waals surface area contributed by atoms with Gasteiger partial charge < -0.3 is 0 Å². The minimum atomic E-state index is 0.755. The van der Waals surface area contributed by atoms with Crippen molar-refractivity contribution in [3.8, 4) is 0 Å². The van der Waals surface area contributed by atoms with Crippen LogP contribution in [0.25, 0.3) is 0 Å². The number of hydrogen-bond donors (Lipinski definition) is 0. The van der Waals surface area contributed by atoms with Crippen LogP contribution in [0.15, 0.2) is 17.9 Å². The first kappa shape index (κ1) is 3.70. The third kappa shape index (κ3) is 0.526. The lowest BCUT2D eigenvalue weighted by Crippen LogP contribution is -1.77. The summed E-state index contributed by atoms with van der Waals surface area (Å²) >= 11 is 0.